The van der Waals surface area contributed by atoms with Gasteiger partial charge in [0.05, 0.1) is 0 Å². The lowest BCUT2D eigenvalue weighted by molar-refractivity contribution is 0.472. The van der Waals surface area contributed by atoms with Crippen LogP contribution in [0.5, 0.6) is 5.75 Å². The summed E-state index contributed by atoms with van der Waals surface area (Å²) < 4.78 is 0. The molecule has 0 aliphatic rings. The molecule has 0 radical (unpaired) electrons. The second-order valence-corrected chi connectivity index (χ2v) is 3.42. The molecule has 2 rings (SSSR count). The third-order valence-electron chi connectivity index (χ3n) is 1.64. The molecule has 0 amide bonds. The minimum Gasteiger partial charge on any atom is -0.505 e. The van der Waals surface area contributed by atoms with Gasteiger partial charge in [0.25, 0.3) is 0 Å². The Morgan fingerprint density at radius 1 is 1.38 bits per heavy atom. The topological polar surface area (TPSA) is 66.0 Å². The fourth-order valence-electron chi connectivity index (χ4n) is 0.909. The maximum absolute atomic E-state index is 10.2. The highest BCUT2D eigenvalue weighted by molar-refractivity contribution is 6.30. The van der Waals surface area contributed by atoms with E-state index in [9.17, 15) is 4.79 Å². The molecule has 0 fully saturated rings. The van der Waals surface area contributed by atoms with E-state index in [1.165, 1.54) is 12.1 Å². The Kier molecular flexibility index (Phi) is 4.54. The number of nitrogens with one attached hydrogen (secondary N) is 1. The van der Waals surface area contributed by atoms with Crippen molar-refractivity contribution in [3.05, 3.63) is 57.7 Å². The standard InChI is InChI=1S/C6H6ClNO.C5H5NO/c1-4-2-5(9)6(7)8-3-4;7-5-1-3-6-4-2-5/h2-3,9H,1H3;1-4H,(H,6,7). The third kappa shape index (κ3) is 4.14. The normalized spacial score (nSPS) is 9.12. The predicted octanol–water partition coefficient (Wildman–Crippen LogP) is 2.12. The zero-order valence-electron chi connectivity index (χ0n) is 8.64. The first-order valence-corrected chi connectivity index (χ1v) is 4.91. The Hall–Kier alpha value is -1.81. The number of aromatic amines is 1. The van der Waals surface area contributed by atoms with Gasteiger partial charge in [-0.1, -0.05) is 11.6 Å². The third-order valence-corrected chi connectivity index (χ3v) is 1.94. The number of halogens is 1. The van der Waals surface area contributed by atoms with Crippen LogP contribution in [-0.4, -0.2) is 15.1 Å². The predicted molar refractivity (Wildman–Crippen MR) is 62.7 cm³/mol. The van der Waals surface area contributed by atoms with Crippen LogP contribution in [0.25, 0.3) is 0 Å². The number of H-pyrrole nitrogens is 1. The summed E-state index contributed by atoms with van der Waals surface area (Å²) in [6.45, 7) is 1.84. The maximum Gasteiger partial charge on any atom is 0.181 e. The number of hydrogen-bond acceptors (Lipinski definition) is 3. The molecular weight excluding hydrogens is 228 g/mol. The SMILES string of the molecule is Cc1cnc(Cl)c(O)c1.O=c1cc[nH]cc1. The molecule has 0 aliphatic carbocycles. The molecule has 2 aromatic rings. The van der Waals surface area contributed by atoms with E-state index in [0.717, 1.165) is 5.56 Å². The molecule has 0 bridgehead atoms. The fraction of sp³-hybridized carbons (Fsp3) is 0.0909. The van der Waals surface area contributed by atoms with Gasteiger partial charge < -0.3 is 10.1 Å². The van der Waals surface area contributed by atoms with Crippen molar-refractivity contribution < 1.29 is 5.11 Å². The minimum absolute atomic E-state index is 0.0386. The van der Waals surface area contributed by atoms with Crippen LogP contribution in [0.2, 0.25) is 5.15 Å². The Balaban J connectivity index is 0.000000165. The molecule has 4 nitrogen and oxygen atoms in total. The second-order valence-electron chi connectivity index (χ2n) is 3.06. The van der Waals surface area contributed by atoms with E-state index in [0.29, 0.717) is 0 Å². The van der Waals surface area contributed by atoms with Crippen LogP contribution in [0.3, 0.4) is 0 Å². The Morgan fingerprint density at radius 3 is 2.38 bits per heavy atom. The zero-order valence-corrected chi connectivity index (χ0v) is 9.40. The Bertz CT molecular complexity index is 494. The lowest BCUT2D eigenvalue weighted by Gasteiger charge is -1.94. The highest BCUT2D eigenvalue weighted by Crippen LogP contribution is 2.19. The summed E-state index contributed by atoms with van der Waals surface area (Å²) in [5, 5.41) is 9.06. The van der Waals surface area contributed by atoms with E-state index in [1.54, 1.807) is 24.7 Å². The molecule has 2 N–H and O–H groups in total. The monoisotopic (exact) mass is 238 g/mol. The van der Waals surface area contributed by atoms with Crippen LogP contribution in [0.1, 0.15) is 5.56 Å². The van der Waals surface area contributed by atoms with Crippen LogP contribution in [0.15, 0.2) is 41.6 Å². The van der Waals surface area contributed by atoms with E-state index in [2.05, 4.69) is 9.97 Å². The quantitative estimate of drug-likeness (QED) is 0.691. The van der Waals surface area contributed by atoms with Gasteiger partial charge in [0.1, 0.15) is 0 Å². The summed E-state index contributed by atoms with van der Waals surface area (Å²) in [5.41, 5.74) is 0.940. The average molecular weight is 239 g/mol. The van der Waals surface area contributed by atoms with Gasteiger partial charge in [0.15, 0.2) is 16.3 Å². The first-order valence-electron chi connectivity index (χ1n) is 4.54. The molecule has 0 saturated carbocycles. The summed E-state index contributed by atoms with van der Waals surface area (Å²) in [6, 6.07) is 4.51. The van der Waals surface area contributed by atoms with Crippen molar-refractivity contribution in [1.29, 1.82) is 0 Å². The van der Waals surface area contributed by atoms with Gasteiger partial charge >= 0.3 is 0 Å². The van der Waals surface area contributed by atoms with Gasteiger partial charge in [-0.05, 0) is 18.6 Å². The average Bonchev–Trinajstić information content (AvgIpc) is 2.26. The first kappa shape index (κ1) is 12.3. The Morgan fingerprint density at radius 2 is 2.00 bits per heavy atom. The van der Waals surface area contributed by atoms with Crippen LogP contribution in [0, 0.1) is 6.92 Å². The summed E-state index contributed by atoms with van der Waals surface area (Å²) in [6.07, 6.45) is 4.80. The van der Waals surface area contributed by atoms with Gasteiger partial charge in [0.2, 0.25) is 0 Å². The molecule has 0 aromatic carbocycles. The van der Waals surface area contributed by atoms with Crippen molar-refractivity contribution in [2.24, 2.45) is 0 Å². The zero-order chi connectivity index (χ0) is 12.0. The molecule has 0 unspecified atom stereocenters. The van der Waals surface area contributed by atoms with Crippen molar-refractivity contribution in [3.63, 3.8) is 0 Å². The van der Waals surface area contributed by atoms with Crippen molar-refractivity contribution in [1.82, 2.24) is 9.97 Å². The number of pyridine rings is 2. The van der Waals surface area contributed by atoms with Crippen LogP contribution < -0.4 is 5.43 Å². The van der Waals surface area contributed by atoms with E-state index >= 15 is 0 Å². The van der Waals surface area contributed by atoms with E-state index in [4.69, 9.17) is 16.7 Å². The Labute approximate surface area is 97.6 Å². The van der Waals surface area contributed by atoms with E-state index in [1.807, 2.05) is 6.92 Å². The maximum atomic E-state index is 10.2. The summed E-state index contributed by atoms with van der Waals surface area (Å²) in [4.78, 5) is 16.7. The molecule has 2 heterocycles. The van der Waals surface area contributed by atoms with Crippen molar-refractivity contribution in [2.45, 2.75) is 6.92 Å². The largest absolute Gasteiger partial charge is 0.505 e. The summed E-state index contributed by atoms with van der Waals surface area (Å²) in [7, 11) is 0. The minimum atomic E-state index is 0.0386. The number of rotatable bonds is 0. The second kappa shape index (κ2) is 5.92. The summed E-state index contributed by atoms with van der Waals surface area (Å²) in [5.74, 6) is 0.0386. The highest BCUT2D eigenvalue weighted by Gasteiger charge is 1.95. The molecule has 0 aliphatic heterocycles. The number of aromatic hydroxyl groups is 1. The van der Waals surface area contributed by atoms with E-state index in [-0.39, 0.29) is 16.3 Å². The molecule has 16 heavy (non-hydrogen) atoms. The van der Waals surface area contributed by atoms with Crippen LogP contribution >= 0.6 is 11.6 Å². The van der Waals surface area contributed by atoms with Gasteiger partial charge in [-0.25, -0.2) is 4.98 Å². The highest BCUT2D eigenvalue weighted by atomic mass is 35.5. The van der Waals surface area contributed by atoms with Gasteiger partial charge in [-0.2, -0.15) is 0 Å². The number of aromatic nitrogens is 2. The van der Waals surface area contributed by atoms with Gasteiger partial charge in [-0.3, -0.25) is 4.79 Å². The van der Waals surface area contributed by atoms with Crippen molar-refractivity contribution in [2.75, 3.05) is 0 Å². The molecular formula is C11H11ClN2O2. The summed E-state index contributed by atoms with van der Waals surface area (Å²) >= 11 is 5.42. The molecule has 0 spiro atoms. The molecule has 5 heteroatoms. The van der Waals surface area contributed by atoms with E-state index < -0.39 is 0 Å². The molecule has 0 saturated heterocycles. The number of aryl methyl sites for hydroxylation is 1. The molecule has 0 atom stereocenters. The molecule has 84 valence electrons. The van der Waals surface area contributed by atoms with Gasteiger partial charge in [-0.15, -0.1) is 0 Å². The van der Waals surface area contributed by atoms with Crippen LogP contribution in [-0.2, 0) is 0 Å². The first-order chi connectivity index (χ1) is 7.59. The number of hydrogen-bond donors (Lipinski definition) is 2. The molecule has 2 aromatic heterocycles. The van der Waals surface area contributed by atoms with Crippen molar-refractivity contribution >= 4 is 11.6 Å². The lowest BCUT2D eigenvalue weighted by Crippen LogP contribution is -1.92. The van der Waals surface area contributed by atoms with Crippen LogP contribution in [0.4, 0.5) is 0 Å². The van der Waals surface area contributed by atoms with Crippen molar-refractivity contribution in [3.8, 4) is 5.75 Å². The van der Waals surface area contributed by atoms with Gasteiger partial charge in [0, 0.05) is 30.7 Å². The smallest absolute Gasteiger partial charge is 0.181 e. The lowest BCUT2D eigenvalue weighted by atomic mass is 10.3. The fourth-order valence-corrected chi connectivity index (χ4v) is 1.01. The number of nitrogens with zero attached hydrogens (tertiary/aromatic N) is 1.